The fraction of sp³-hybridized carbons (Fsp3) is 0.200. The van der Waals surface area contributed by atoms with E-state index in [1.807, 2.05) is 61.5 Å². The molecule has 2 aromatic heterocycles. The van der Waals surface area contributed by atoms with Crippen LogP contribution in [-0.2, 0) is 4.74 Å². The van der Waals surface area contributed by atoms with E-state index in [1.165, 1.54) is 5.56 Å². The predicted octanol–water partition coefficient (Wildman–Crippen LogP) is 5.23. The van der Waals surface area contributed by atoms with Gasteiger partial charge in [0.05, 0.1) is 19.4 Å². The van der Waals surface area contributed by atoms with E-state index in [0.717, 1.165) is 21.5 Å². The second kappa shape index (κ2) is 10.7. The van der Waals surface area contributed by atoms with Crippen LogP contribution >= 0.6 is 15.9 Å². The molecular weight excluding hydrogens is 510 g/mol. The Balaban J connectivity index is 1.34. The molecule has 0 amide bonds. The van der Waals surface area contributed by atoms with E-state index in [0.29, 0.717) is 49.9 Å². The standard InChI is InChI=1S/C25H24BrN7O2/c1-17-7-9-20(21(26)15-17)22-10-8-19(35-22)16-27-32-24-29-23(28-18-5-3-2-4-6-18)30-25(31-24)33-11-13-34-14-12-33/h2-10,15-16H,11-14H2,1H3,(H2,28,29,30,31,32)/b27-16+. The van der Waals surface area contributed by atoms with Crippen LogP contribution in [0.5, 0.6) is 0 Å². The van der Waals surface area contributed by atoms with Crippen LogP contribution in [0.1, 0.15) is 11.3 Å². The molecule has 4 aromatic rings. The fourth-order valence-corrected chi connectivity index (χ4v) is 4.26. The molecule has 1 fully saturated rings. The number of para-hydroxylation sites is 1. The molecule has 2 N–H and O–H groups in total. The van der Waals surface area contributed by atoms with E-state index in [1.54, 1.807) is 6.21 Å². The zero-order valence-electron chi connectivity index (χ0n) is 19.1. The Bertz CT molecular complexity index is 1320. The highest BCUT2D eigenvalue weighted by molar-refractivity contribution is 9.10. The molecule has 0 unspecified atom stereocenters. The van der Waals surface area contributed by atoms with Gasteiger partial charge in [-0.1, -0.05) is 40.2 Å². The number of nitrogens with zero attached hydrogens (tertiary/aromatic N) is 5. The number of anilines is 4. The molecule has 0 bridgehead atoms. The smallest absolute Gasteiger partial charge is 0.250 e. The zero-order valence-corrected chi connectivity index (χ0v) is 20.7. The zero-order chi connectivity index (χ0) is 24.0. The summed E-state index contributed by atoms with van der Waals surface area (Å²) in [7, 11) is 0. The van der Waals surface area contributed by atoms with Gasteiger partial charge >= 0.3 is 0 Å². The molecule has 35 heavy (non-hydrogen) atoms. The molecule has 0 saturated carbocycles. The molecule has 0 spiro atoms. The SMILES string of the molecule is Cc1ccc(-c2ccc(/C=N/Nc3nc(Nc4ccccc4)nc(N4CCOCC4)n3)o2)c(Br)c1. The van der Waals surface area contributed by atoms with Crippen LogP contribution < -0.4 is 15.6 Å². The highest BCUT2D eigenvalue weighted by Crippen LogP contribution is 2.30. The molecule has 5 rings (SSSR count). The lowest BCUT2D eigenvalue weighted by Gasteiger charge is -2.27. The van der Waals surface area contributed by atoms with Crippen molar-refractivity contribution in [2.24, 2.45) is 5.10 Å². The number of furan rings is 1. The summed E-state index contributed by atoms with van der Waals surface area (Å²) in [5, 5.41) is 7.51. The van der Waals surface area contributed by atoms with Gasteiger partial charge in [0.1, 0.15) is 11.5 Å². The Morgan fingerprint density at radius 1 is 0.971 bits per heavy atom. The van der Waals surface area contributed by atoms with Crippen molar-refractivity contribution >= 4 is 45.7 Å². The number of ether oxygens (including phenoxy) is 1. The first-order valence-electron chi connectivity index (χ1n) is 11.2. The molecule has 1 saturated heterocycles. The minimum absolute atomic E-state index is 0.323. The molecule has 0 radical (unpaired) electrons. The first-order valence-corrected chi connectivity index (χ1v) is 12.0. The molecular formula is C25H24BrN7O2. The van der Waals surface area contributed by atoms with Gasteiger partial charge in [-0.3, -0.25) is 0 Å². The summed E-state index contributed by atoms with van der Waals surface area (Å²) in [6.45, 7) is 4.73. The summed E-state index contributed by atoms with van der Waals surface area (Å²) >= 11 is 3.60. The average molecular weight is 534 g/mol. The van der Waals surface area contributed by atoms with E-state index < -0.39 is 0 Å². The van der Waals surface area contributed by atoms with Gasteiger partial charge in [0.25, 0.3) is 0 Å². The number of hydrogen-bond acceptors (Lipinski definition) is 9. The van der Waals surface area contributed by atoms with E-state index >= 15 is 0 Å². The monoisotopic (exact) mass is 533 g/mol. The molecule has 0 atom stereocenters. The molecule has 0 aliphatic carbocycles. The number of hydrogen-bond donors (Lipinski definition) is 2. The summed E-state index contributed by atoms with van der Waals surface area (Å²) in [6, 6.07) is 19.7. The predicted molar refractivity (Wildman–Crippen MR) is 140 cm³/mol. The third-order valence-electron chi connectivity index (χ3n) is 5.32. The summed E-state index contributed by atoms with van der Waals surface area (Å²) in [4.78, 5) is 15.7. The van der Waals surface area contributed by atoms with Gasteiger partial charge in [-0.2, -0.15) is 20.1 Å². The minimum Gasteiger partial charge on any atom is -0.455 e. The van der Waals surface area contributed by atoms with E-state index in [2.05, 4.69) is 57.7 Å². The first-order chi connectivity index (χ1) is 17.1. The molecule has 2 aromatic carbocycles. The lowest BCUT2D eigenvalue weighted by atomic mass is 10.1. The van der Waals surface area contributed by atoms with E-state index in [9.17, 15) is 0 Å². The van der Waals surface area contributed by atoms with Crippen molar-refractivity contribution in [3.63, 3.8) is 0 Å². The van der Waals surface area contributed by atoms with Crippen molar-refractivity contribution in [1.82, 2.24) is 15.0 Å². The number of aromatic nitrogens is 3. The Morgan fingerprint density at radius 3 is 2.57 bits per heavy atom. The van der Waals surface area contributed by atoms with Gasteiger partial charge in [-0.15, -0.1) is 0 Å². The van der Waals surface area contributed by atoms with E-state index in [4.69, 9.17) is 9.15 Å². The van der Waals surface area contributed by atoms with Gasteiger partial charge in [-0.05, 0) is 48.9 Å². The second-order valence-electron chi connectivity index (χ2n) is 7.93. The number of halogens is 1. The normalized spacial score (nSPS) is 13.8. The van der Waals surface area contributed by atoms with Gasteiger partial charge in [0, 0.05) is 28.8 Å². The van der Waals surface area contributed by atoms with Crippen LogP contribution in [0.4, 0.5) is 23.5 Å². The Kier molecular flexibility index (Phi) is 7.01. The third kappa shape index (κ3) is 5.84. The Hall–Kier alpha value is -3.76. The average Bonchev–Trinajstić information content (AvgIpc) is 3.33. The molecule has 10 heteroatoms. The molecule has 178 valence electrons. The van der Waals surface area contributed by atoms with Gasteiger partial charge in [-0.25, -0.2) is 5.43 Å². The maximum Gasteiger partial charge on any atom is 0.250 e. The lowest BCUT2D eigenvalue weighted by molar-refractivity contribution is 0.122. The Labute approximate surface area is 211 Å². The number of nitrogens with one attached hydrogen (secondary N) is 2. The van der Waals surface area contributed by atoms with Crippen LogP contribution in [0.2, 0.25) is 0 Å². The Morgan fingerprint density at radius 2 is 1.77 bits per heavy atom. The van der Waals surface area contributed by atoms with Gasteiger partial charge in [0.15, 0.2) is 0 Å². The van der Waals surface area contributed by atoms with Crippen LogP contribution in [0.3, 0.4) is 0 Å². The molecule has 3 heterocycles. The van der Waals surface area contributed by atoms with E-state index in [-0.39, 0.29) is 0 Å². The number of rotatable bonds is 7. The number of morpholine rings is 1. The van der Waals surface area contributed by atoms with Crippen molar-refractivity contribution < 1.29 is 9.15 Å². The highest BCUT2D eigenvalue weighted by atomic mass is 79.9. The third-order valence-corrected chi connectivity index (χ3v) is 5.98. The van der Waals surface area contributed by atoms with Crippen molar-refractivity contribution in [2.45, 2.75) is 6.92 Å². The maximum absolute atomic E-state index is 5.94. The second-order valence-corrected chi connectivity index (χ2v) is 8.78. The van der Waals surface area contributed by atoms with Crippen LogP contribution in [0, 0.1) is 6.92 Å². The van der Waals surface area contributed by atoms with Crippen LogP contribution in [0.15, 0.2) is 74.7 Å². The largest absolute Gasteiger partial charge is 0.455 e. The molecule has 1 aliphatic heterocycles. The van der Waals surface area contributed by atoms with Crippen LogP contribution in [-0.4, -0.2) is 47.5 Å². The lowest BCUT2D eigenvalue weighted by Crippen LogP contribution is -2.37. The first kappa shape index (κ1) is 23.0. The maximum atomic E-state index is 5.94. The topological polar surface area (TPSA) is 101 Å². The van der Waals surface area contributed by atoms with Crippen molar-refractivity contribution in [3.05, 3.63) is 76.5 Å². The molecule has 9 nitrogen and oxygen atoms in total. The highest BCUT2D eigenvalue weighted by Gasteiger charge is 2.17. The van der Waals surface area contributed by atoms with Crippen LogP contribution in [0.25, 0.3) is 11.3 Å². The quantitative estimate of drug-likeness (QED) is 0.246. The number of hydrazone groups is 1. The van der Waals surface area contributed by atoms with Crippen molar-refractivity contribution in [2.75, 3.05) is 41.9 Å². The van der Waals surface area contributed by atoms with Gasteiger partial charge < -0.3 is 19.4 Å². The summed E-state index contributed by atoms with van der Waals surface area (Å²) in [6.07, 6.45) is 1.59. The molecule has 1 aliphatic rings. The number of aryl methyl sites for hydroxylation is 1. The summed E-state index contributed by atoms with van der Waals surface area (Å²) in [5.74, 6) is 2.66. The fourth-order valence-electron chi connectivity index (χ4n) is 3.57. The van der Waals surface area contributed by atoms with Crippen molar-refractivity contribution in [3.8, 4) is 11.3 Å². The number of benzene rings is 2. The van der Waals surface area contributed by atoms with Crippen molar-refractivity contribution in [1.29, 1.82) is 0 Å². The van der Waals surface area contributed by atoms with Gasteiger partial charge in [0.2, 0.25) is 17.8 Å². The minimum atomic E-state index is 0.323. The summed E-state index contributed by atoms with van der Waals surface area (Å²) in [5.41, 5.74) is 5.94. The summed E-state index contributed by atoms with van der Waals surface area (Å²) < 4.78 is 12.4.